The first-order chi connectivity index (χ1) is 28.5. The van der Waals surface area contributed by atoms with Crippen LogP contribution in [-0.4, -0.2) is 99.1 Å². The molecule has 4 heterocycles. The maximum absolute atomic E-state index is 14.7. The SMILES string of the molecule is COC(=O)N[C@H](C(=O)N1C[C@]2(C[C@H]1c1ncc(-c3ccc(C#Cc4ccc5nc([C@@H]6CC7(CC7)CN6C(=O)[C@H](NC(=O)OC)C(C)C)[nH]c5c4)cc3)[nH]1)CC2(F)F)C(C)C. The van der Waals surface area contributed by atoms with E-state index in [2.05, 4.69) is 37.4 Å². The predicted molar refractivity (Wildman–Crippen MR) is 216 cm³/mol. The molecule has 2 aliphatic heterocycles. The van der Waals surface area contributed by atoms with Crippen molar-refractivity contribution in [3.8, 4) is 23.1 Å². The van der Waals surface area contributed by atoms with Crippen LogP contribution in [0.25, 0.3) is 22.3 Å². The number of benzene rings is 2. The van der Waals surface area contributed by atoms with Gasteiger partial charge in [0.05, 0.1) is 54.6 Å². The van der Waals surface area contributed by atoms with Gasteiger partial charge >= 0.3 is 12.2 Å². The molecule has 4 aromatic rings. The highest BCUT2D eigenvalue weighted by atomic mass is 19.3. The molecule has 2 saturated carbocycles. The van der Waals surface area contributed by atoms with Crippen molar-refractivity contribution >= 4 is 35.0 Å². The Hall–Kier alpha value is -5.98. The highest BCUT2D eigenvalue weighted by Crippen LogP contribution is 2.68. The van der Waals surface area contributed by atoms with E-state index in [0.717, 1.165) is 47.0 Å². The Morgan fingerprint density at radius 1 is 0.800 bits per heavy atom. The molecule has 316 valence electrons. The topological polar surface area (TPSA) is 175 Å². The predicted octanol–water partition coefficient (Wildman–Crippen LogP) is 6.47. The zero-order valence-corrected chi connectivity index (χ0v) is 34.5. The van der Waals surface area contributed by atoms with E-state index >= 15 is 0 Å². The van der Waals surface area contributed by atoms with Gasteiger partial charge in [-0.25, -0.2) is 28.3 Å². The molecule has 2 saturated heterocycles. The van der Waals surface area contributed by atoms with E-state index in [9.17, 15) is 28.0 Å². The number of alkyl carbamates (subject to hydrolysis) is 2. The Kier molecular flexibility index (Phi) is 10.4. The number of nitrogens with zero attached hydrogens (tertiary/aromatic N) is 4. The van der Waals surface area contributed by atoms with Gasteiger partial charge in [0.1, 0.15) is 23.7 Å². The number of nitrogens with one attached hydrogen (secondary N) is 4. The van der Waals surface area contributed by atoms with E-state index in [1.54, 1.807) is 20.0 Å². The minimum absolute atomic E-state index is 0.0518. The Morgan fingerprint density at radius 3 is 1.93 bits per heavy atom. The Morgan fingerprint density at radius 2 is 1.37 bits per heavy atom. The summed E-state index contributed by atoms with van der Waals surface area (Å²) in [6.45, 7) is 7.83. The zero-order chi connectivity index (χ0) is 42.7. The lowest BCUT2D eigenvalue weighted by atomic mass is 10.0. The highest BCUT2D eigenvalue weighted by molar-refractivity contribution is 5.87. The number of likely N-dealkylation sites (tertiary alicyclic amines) is 2. The first kappa shape index (κ1) is 40.8. The summed E-state index contributed by atoms with van der Waals surface area (Å²) >= 11 is 0. The van der Waals surface area contributed by atoms with Crippen molar-refractivity contribution in [2.75, 3.05) is 27.3 Å². The van der Waals surface area contributed by atoms with Crippen molar-refractivity contribution in [3.05, 3.63) is 71.4 Å². The Balaban J connectivity index is 0.969. The largest absolute Gasteiger partial charge is 0.453 e. The van der Waals surface area contributed by atoms with Gasteiger partial charge in [0.2, 0.25) is 11.8 Å². The number of hydrogen-bond acceptors (Lipinski definition) is 8. The number of imidazole rings is 2. The van der Waals surface area contributed by atoms with Gasteiger partial charge in [0.15, 0.2) is 0 Å². The molecule has 8 rings (SSSR count). The summed E-state index contributed by atoms with van der Waals surface area (Å²) < 4.78 is 38.9. The van der Waals surface area contributed by atoms with Crippen molar-refractivity contribution in [1.29, 1.82) is 0 Å². The third-order valence-corrected chi connectivity index (χ3v) is 12.7. The molecular formula is C44H50F2N8O6. The van der Waals surface area contributed by atoms with E-state index in [1.807, 2.05) is 61.2 Å². The summed E-state index contributed by atoms with van der Waals surface area (Å²) in [6, 6.07) is 10.6. The van der Waals surface area contributed by atoms with Crippen molar-refractivity contribution in [3.63, 3.8) is 0 Å². The number of H-pyrrole nitrogens is 2. The number of methoxy groups -OCH3 is 2. The second-order valence-electron chi connectivity index (χ2n) is 17.6. The maximum Gasteiger partial charge on any atom is 0.407 e. The van der Waals surface area contributed by atoms with Gasteiger partial charge in [0.25, 0.3) is 5.92 Å². The van der Waals surface area contributed by atoms with Gasteiger partial charge < -0.3 is 39.9 Å². The average molecular weight is 825 g/mol. The highest BCUT2D eigenvalue weighted by Gasteiger charge is 2.75. The molecule has 2 aromatic carbocycles. The fraction of sp³-hybridized carbons (Fsp3) is 0.500. The van der Waals surface area contributed by atoms with E-state index in [-0.39, 0.29) is 48.6 Å². The Labute approximate surface area is 346 Å². The van der Waals surface area contributed by atoms with Crippen molar-refractivity contribution in [2.24, 2.45) is 22.7 Å². The summed E-state index contributed by atoms with van der Waals surface area (Å²) in [5, 5.41) is 5.29. The van der Waals surface area contributed by atoms with Gasteiger partial charge in [-0.15, -0.1) is 0 Å². The number of alkyl halides is 2. The summed E-state index contributed by atoms with van der Waals surface area (Å²) in [7, 11) is 2.49. The normalized spacial score (nSPS) is 23.1. The van der Waals surface area contributed by atoms with Crippen LogP contribution in [-0.2, 0) is 19.1 Å². The van der Waals surface area contributed by atoms with Crippen LogP contribution >= 0.6 is 0 Å². The number of fused-ring (bicyclic) bond motifs is 1. The van der Waals surface area contributed by atoms with E-state index in [4.69, 9.17) is 14.5 Å². The molecule has 0 bridgehead atoms. The molecule has 4 aliphatic rings. The van der Waals surface area contributed by atoms with E-state index < -0.39 is 47.6 Å². The quantitative estimate of drug-likeness (QED) is 0.139. The summed E-state index contributed by atoms with van der Waals surface area (Å²) in [6.07, 6.45) is 2.88. The molecule has 4 N–H and O–H groups in total. The number of ether oxygens (including phenoxy) is 2. The first-order valence-electron chi connectivity index (χ1n) is 20.4. The molecule has 16 heteroatoms. The molecule has 2 spiro atoms. The fourth-order valence-electron chi connectivity index (χ4n) is 8.85. The number of hydrogen-bond donors (Lipinski definition) is 4. The molecule has 4 fully saturated rings. The lowest BCUT2D eigenvalue weighted by Crippen LogP contribution is -2.51. The summed E-state index contributed by atoms with van der Waals surface area (Å²) in [4.78, 5) is 71.3. The molecule has 5 atom stereocenters. The number of carbonyl (C=O) groups is 4. The second kappa shape index (κ2) is 15.2. The number of carbonyl (C=O) groups excluding carboxylic acids is 4. The van der Waals surface area contributed by atoms with Crippen LogP contribution in [0.3, 0.4) is 0 Å². The van der Waals surface area contributed by atoms with Crippen molar-refractivity contribution in [2.45, 2.75) is 89.9 Å². The van der Waals surface area contributed by atoms with Gasteiger partial charge in [-0.2, -0.15) is 0 Å². The third kappa shape index (κ3) is 7.65. The van der Waals surface area contributed by atoms with Crippen LogP contribution in [0.2, 0.25) is 0 Å². The lowest BCUT2D eigenvalue weighted by molar-refractivity contribution is -0.136. The summed E-state index contributed by atoms with van der Waals surface area (Å²) in [5.74, 6) is 3.62. The number of amides is 4. The average Bonchev–Trinajstić information content (AvgIpc) is 3.64. The number of aromatic amines is 2. The molecule has 2 aliphatic carbocycles. The minimum Gasteiger partial charge on any atom is -0.453 e. The molecule has 2 aromatic heterocycles. The molecule has 60 heavy (non-hydrogen) atoms. The van der Waals surface area contributed by atoms with E-state index in [0.29, 0.717) is 23.9 Å². The van der Waals surface area contributed by atoms with Crippen LogP contribution < -0.4 is 10.6 Å². The van der Waals surface area contributed by atoms with Crippen molar-refractivity contribution in [1.82, 2.24) is 40.4 Å². The van der Waals surface area contributed by atoms with Gasteiger partial charge in [-0.05, 0) is 78.8 Å². The Bertz CT molecular complexity index is 2390. The van der Waals surface area contributed by atoms with Crippen LogP contribution in [0, 0.1) is 34.5 Å². The first-order valence-corrected chi connectivity index (χ1v) is 20.4. The number of aromatic nitrogens is 4. The molecular weight excluding hydrogens is 775 g/mol. The molecule has 0 unspecified atom stereocenters. The minimum atomic E-state index is -2.88. The van der Waals surface area contributed by atoms with Crippen molar-refractivity contribution < 1.29 is 37.4 Å². The third-order valence-electron chi connectivity index (χ3n) is 12.7. The lowest BCUT2D eigenvalue weighted by Gasteiger charge is -2.30. The number of halogens is 2. The number of rotatable bonds is 9. The van der Waals surface area contributed by atoms with Gasteiger partial charge in [0, 0.05) is 30.6 Å². The molecule has 14 nitrogen and oxygen atoms in total. The fourth-order valence-corrected chi connectivity index (χ4v) is 8.85. The van der Waals surface area contributed by atoms with Crippen LogP contribution in [0.15, 0.2) is 48.7 Å². The second-order valence-corrected chi connectivity index (χ2v) is 17.6. The maximum atomic E-state index is 14.7. The van der Waals surface area contributed by atoms with Gasteiger partial charge in [-0.3, -0.25) is 9.59 Å². The molecule has 0 radical (unpaired) electrons. The van der Waals surface area contributed by atoms with Gasteiger partial charge in [-0.1, -0.05) is 51.7 Å². The van der Waals surface area contributed by atoms with Crippen LogP contribution in [0.5, 0.6) is 0 Å². The van der Waals surface area contributed by atoms with Crippen LogP contribution in [0.1, 0.15) is 94.7 Å². The monoisotopic (exact) mass is 824 g/mol. The summed E-state index contributed by atoms with van der Waals surface area (Å²) in [5.41, 5.74) is 3.32. The zero-order valence-electron chi connectivity index (χ0n) is 34.5. The smallest absolute Gasteiger partial charge is 0.407 e. The molecule has 4 amide bonds. The van der Waals surface area contributed by atoms with Crippen LogP contribution in [0.4, 0.5) is 18.4 Å². The standard InChI is InChI=1S/C44H50F2N8O6/c1-24(2)34(51-40(57)59-5)38(55)53-22-42(15-16-42)18-32(53)37-48-29-14-11-27(17-30(29)49-37)8-7-26-9-12-28(13-10-26)31-20-47-36(50-31)33-19-43(21-44(43,45)46)23-54(33)39(56)35(25(3)4)52-41(58)60-6/h9-14,17,20,24-25,32-35H,15-16,18-19,21-23H2,1-6H3,(H,47,50)(H,48,49)(H,51,57)(H,52,58)/t32-,33-,34+,35-,43-/m0/s1. The van der Waals surface area contributed by atoms with E-state index in [1.165, 1.54) is 19.1 Å².